The summed E-state index contributed by atoms with van der Waals surface area (Å²) in [4.78, 5) is 22.9. The van der Waals surface area contributed by atoms with E-state index in [9.17, 15) is 9.59 Å². The van der Waals surface area contributed by atoms with E-state index in [0.29, 0.717) is 16.8 Å². The predicted molar refractivity (Wildman–Crippen MR) is 74.1 cm³/mol. The van der Waals surface area contributed by atoms with Gasteiger partial charge in [0.25, 0.3) is 0 Å². The van der Waals surface area contributed by atoms with Crippen LogP contribution < -0.4 is 16.0 Å². The van der Waals surface area contributed by atoms with Crippen LogP contribution in [0.1, 0.15) is 12.8 Å². The molecule has 0 aromatic heterocycles. The highest BCUT2D eigenvalue weighted by Gasteiger charge is 2.22. The molecule has 0 radical (unpaired) electrons. The van der Waals surface area contributed by atoms with Crippen LogP contribution in [0.25, 0.3) is 0 Å². The highest BCUT2D eigenvalue weighted by Crippen LogP contribution is 2.18. The third-order valence-electron chi connectivity index (χ3n) is 2.62. The Morgan fingerprint density at radius 3 is 2.63 bits per heavy atom. The number of carbonyl (C=O) groups is 2. The zero-order valence-corrected chi connectivity index (χ0v) is 11.2. The molecule has 0 heterocycles. The largest absolute Gasteiger partial charge is 0.352 e. The number of anilines is 1. The van der Waals surface area contributed by atoms with Crippen molar-refractivity contribution in [2.24, 2.45) is 0 Å². The standard InChI is InChI=1S/C13H16ClN3O2/c14-9-2-1-3-11(6-9)17-13(19)8-15-7-12(18)16-10-4-5-10/h1-3,6,10,15H,4-5,7-8H2,(H,16,18)(H,17,19). The molecule has 6 heteroatoms. The van der Waals surface area contributed by atoms with E-state index in [2.05, 4.69) is 16.0 Å². The second-order valence-electron chi connectivity index (χ2n) is 4.50. The molecule has 1 saturated carbocycles. The summed E-state index contributed by atoms with van der Waals surface area (Å²) in [6.07, 6.45) is 2.11. The van der Waals surface area contributed by atoms with Gasteiger partial charge in [0.15, 0.2) is 0 Å². The summed E-state index contributed by atoms with van der Waals surface area (Å²) in [5.41, 5.74) is 0.640. The maximum Gasteiger partial charge on any atom is 0.238 e. The van der Waals surface area contributed by atoms with Crippen molar-refractivity contribution in [3.63, 3.8) is 0 Å². The van der Waals surface area contributed by atoms with Gasteiger partial charge in [0.1, 0.15) is 0 Å². The lowest BCUT2D eigenvalue weighted by Crippen LogP contribution is -2.38. The number of hydrogen-bond acceptors (Lipinski definition) is 3. The molecule has 2 amide bonds. The minimum atomic E-state index is -0.207. The molecule has 0 saturated heterocycles. The molecule has 1 fully saturated rings. The smallest absolute Gasteiger partial charge is 0.238 e. The number of halogens is 1. The lowest BCUT2D eigenvalue weighted by Gasteiger charge is -2.07. The second kappa shape index (κ2) is 6.54. The van der Waals surface area contributed by atoms with Gasteiger partial charge in [0, 0.05) is 16.8 Å². The molecule has 1 aromatic rings. The Balaban J connectivity index is 1.65. The molecule has 19 heavy (non-hydrogen) atoms. The van der Waals surface area contributed by atoms with Crippen LogP contribution in [-0.2, 0) is 9.59 Å². The van der Waals surface area contributed by atoms with Gasteiger partial charge >= 0.3 is 0 Å². The zero-order valence-electron chi connectivity index (χ0n) is 10.4. The van der Waals surface area contributed by atoms with E-state index < -0.39 is 0 Å². The Bertz CT molecular complexity index is 475. The fourth-order valence-corrected chi connectivity index (χ4v) is 1.76. The summed E-state index contributed by atoms with van der Waals surface area (Å²) in [6, 6.07) is 7.25. The maximum absolute atomic E-state index is 11.6. The van der Waals surface area contributed by atoms with Crippen molar-refractivity contribution in [3.8, 4) is 0 Å². The van der Waals surface area contributed by atoms with Gasteiger partial charge in [-0.3, -0.25) is 14.9 Å². The highest BCUT2D eigenvalue weighted by molar-refractivity contribution is 6.30. The quantitative estimate of drug-likeness (QED) is 0.732. The Morgan fingerprint density at radius 1 is 1.21 bits per heavy atom. The summed E-state index contributed by atoms with van der Waals surface area (Å²) in [5.74, 6) is -0.278. The maximum atomic E-state index is 11.6. The van der Waals surface area contributed by atoms with Crippen LogP contribution in [0.3, 0.4) is 0 Å². The molecule has 2 rings (SSSR count). The number of rotatable bonds is 6. The second-order valence-corrected chi connectivity index (χ2v) is 4.94. The molecule has 1 aromatic carbocycles. The molecular formula is C13H16ClN3O2. The van der Waals surface area contributed by atoms with Gasteiger partial charge in [-0.25, -0.2) is 0 Å². The Kier molecular flexibility index (Phi) is 4.76. The first-order valence-corrected chi connectivity index (χ1v) is 6.57. The van der Waals surface area contributed by atoms with Crippen molar-refractivity contribution in [1.82, 2.24) is 10.6 Å². The molecule has 0 spiro atoms. The van der Waals surface area contributed by atoms with E-state index >= 15 is 0 Å². The van der Waals surface area contributed by atoms with Crippen molar-refractivity contribution in [1.29, 1.82) is 0 Å². The van der Waals surface area contributed by atoms with Gasteiger partial charge in [-0.1, -0.05) is 17.7 Å². The van der Waals surface area contributed by atoms with Crippen LogP contribution in [0.15, 0.2) is 24.3 Å². The average molecular weight is 282 g/mol. The minimum absolute atomic E-state index is 0.0712. The minimum Gasteiger partial charge on any atom is -0.352 e. The molecule has 1 aliphatic rings. The van der Waals surface area contributed by atoms with Gasteiger partial charge < -0.3 is 10.6 Å². The highest BCUT2D eigenvalue weighted by atomic mass is 35.5. The first kappa shape index (κ1) is 13.8. The van der Waals surface area contributed by atoms with Crippen LogP contribution in [0, 0.1) is 0 Å². The first-order valence-electron chi connectivity index (χ1n) is 6.19. The van der Waals surface area contributed by atoms with Gasteiger partial charge in [-0.2, -0.15) is 0 Å². The Labute approximate surface area is 116 Å². The average Bonchev–Trinajstić information content (AvgIpc) is 3.12. The summed E-state index contributed by atoms with van der Waals surface area (Å²) in [7, 11) is 0. The Hall–Kier alpha value is -1.59. The van der Waals surface area contributed by atoms with Crippen LogP contribution in [-0.4, -0.2) is 30.9 Å². The zero-order chi connectivity index (χ0) is 13.7. The molecule has 1 aliphatic carbocycles. The fourth-order valence-electron chi connectivity index (χ4n) is 1.57. The molecular weight excluding hydrogens is 266 g/mol. The molecule has 0 unspecified atom stereocenters. The van der Waals surface area contributed by atoms with E-state index in [4.69, 9.17) is 11.6 Å². The van der Waals surface area contributed by atoms with Crippen molar-refractivity contribution >= 4 is 29.1 Å². The van der Waals surface area contributed by atoms with Crippen LogP contribution in [0.2, 0.25) is 5.02 Å². The molecule has 102 valence electrons. The van der Waals surface area contributed by atoms with Gasteiger partial charge in [0.05, 0.1) is 13.1 Å². The van der Waals surface area contributed by atoms with Crippen LogP contribution >= 0.6 is 11.6 Å². The first-order chi connectivity index (χ1) is 9.13. The van der Waals surface area contributed by atoms with Crippen LogP contribution in [0.5, 0.6) is 0 Å². The van der Waals surface area contributed by atoms with Gasteiger partial charge in [-0.15, -0.1) is 0 Å². The van der Waals surface area contributed by atoms with E-state index in [1.54, 1.807) is 24.3 Å². The monoisotopic (exact) mass is 281 g/mol. The van der Waals surface area contributed by atoms with Crippen molar-refractivity contribution in [2.45, 2.75) is 18.9 Å². The van der Waals surface area contributed by atoms with E-state index in [1.165, 1.54) is 0 Å². The topological polar surface area (TPSA) is 70.2 Å². The van der Waals surface area contributed by atoms with Crippen LogP contribution in [0.4, 0.5) is 5.69 Å². The van der Waals surface area contributed by atoms with E-state index in [-0.39, 0.29) is 24.9 Å². The van der Waals surface area contributed by atoms with E-state index in [0.717, 1.165) is 12.8 Å². The van der Waals surface area contributed by atoms with Crippen molar-refractivity contribution in [2.75, 3.05) is 18.4 Å². The van der Waals surface area contributed by atoms with Crippen molar-refractivity contribution in [3.05, 3.63) is 29.3 Å². The normalized spacial score (nSPS) is 13.9. The summed E-state index contributed by atoms with van der Waals surface area (Å²) in [5, 5.41) is 8.89. The SMILES string of the molecule is O=C(CNCC(=O)NC1CC1)Nc1cccc(Cl)c1. The lowest BCUT2D eigenvalue weighted by molar-refractivity contribution is -0.120. The number of carbonyl (C=O) groups excluding carboxylic acids is 2. The molecule has 3 N–H and O–H groups in total. The number of hydrogen-bond donors (Lipinski definition) is 3. The summed E-state index contributed by atoms with van der Waals surface area (Å²) < 4.78 is 0. The predicted octanol–water partition coefficient (Wildman–Crippen LogP) is 1.15. The van der Waals surface area contributed by atoms with Gasteiger partial charge in [-0.05, 0) is 31.0 Å². The third-order valence-corrected chi connectivity index (χ3v) is 2.86. The third kappa shape index (κ3) is 5.28. The number of amides is 2. The van der Waals surface area contributed by atoms with E-state index in [1.807, 2.05) is 0 Å². The molecule has 5 nitrogen and oxygen atoms in total. The summed E-state index contributed by atoms with van der Waals surface area (Å²) in [6.45, 7) is 0.240. The molecule has 0 aliphatic heterocycles. The summed E-state index contributed by atoms with van der Waals surface area (Å²) >= 11 is 5.81. The number of nitrogens with one attached hydrogen (secondary N) is 3. The Morgan fingerprint density at radius 2 is 1.95 bits per heavy atom. The molecule has 0 atom stereocenters. The lowest BCUT2D eigenvalue weighted by atomic mass is 10.3. The fraction of sp³-hybridized carbons (Fsp3) is 0.385. The number of benzene rings is 1. The molecule has 0 bridgehead atoms. The van der Waals surface area contributed by atoms with Crippen molar-refractivity contribution < 1.29 is 9.59 Å². The van der Waals surface area contributed by atoms with Gasteiger partial charge in [0.2, 0.25) is 11.8 Å².